The van der Waals surface area contributed by atoms with Crippen LogP contribution < -0.4 is 8.85 Å². The molecule has 0 saturated heterocycles. The Bertz CT molecular complexity index is 641. The molecule has 0 aliphatic rings. The van der Waals surface area contributed by atoms with E-state index < -0.39 is 16.6 Å². The van der Waals surface area contributed by atoms with Gasteiger partial charge in [0, 0.05) is 0 Å². The normalized spacial score (nSPS) is 11.1. The lowest BCUT2D eigenvalue weighted by Crippen LogP contribution is -2.32. The fourth-order valence-electron chi connectivity index (χ4n) is 1.69. The Labute approximate surface area is 134 Å². The van der Waals surface area contributed by atoms with Crippen molar-refractivity contribution in [3.05, 3.63) is 29.3 Å². The molecule has 0 bridgehead atoms. The van der Waals surface area contributed by atoms with Crippen molar-refractivity contribution in [2.45, 2.75) is 39.3 Å². The van der Waals surface area contributed by atoms with Crippen molar-refractivity contribution < 1.29 is 8.85 Å². The highest BCUT2D eigenvalue weighted by atomic mass is 28.4. The van der Waals surface area contributed by atoms with Crippen molar-refractivity contribution in [3.63, 3.8) is 0 Å². The van der Waals surface area contributed by atoms with E-state index in [0.29, 0.717) is 5.75 Å². The van der Waals surface area contributed by atoms with Gasteiger partial charge in [0.1, 0.15) is 29.2 Å². The molecule has 4 nitrogen and oxygen atoms in total. The predicted octanol–water partition coefficient (Wildman–Crippen LogP) is 4.54. The maximum absolute atomic E-state index is 8.87. The Morgan fingerprint density at radius 3 is 1.86 bits per heavy atom. The van der Waals surface area contributed by atoms with Crippen LogP contribution in [0.3, 0.4) is 0 Å². The molecule has 0 unspecified atom stereocenters. The van der Waals surface area contributed by atoms with Gasteiger partial charge in [0.2, 0.25) is 16.6 Å². The molecule has 0 radical (unpaired) electrons. The third-order valence-electron chi connectivity index (χ3n) is 2.35. The van der Waals surface area contributed by atoms with Gasteiger partial charge in [0.25, 0.3) is 0 Å². The maximum Gasteiger partial charge on any atom is 0.242 e. The van der Waals surface area contributed by atoms with Gasteiger partial charge < -0.3 is 8.85 Å². The number of rotatable bonds is 5. The SMILES string of the molecule is C[Si](C)(C)Oc1ccc(C=C(C#N)C#N)cc1O[Si](C)(C)C. The predicted molar refractivity (Wildman–Crippen MR) is 93.6 cm³/mol. The van der Waals surface area contributed by atoms with Gasteiger partial charge in [-0.3, -0.25) is 0 Å². The van der Waals surface area contributed by atoms with Gasteiger partial charge in [-0.25, -0.2) is 0 Å². The van der Waals surface area contributed by atoms with Crippen LogP contribution in [0.2, 0.25) is 39.3 Å². The number of allylic oxidation sites excluding steroid dienone is 1. The molecule has 1 aromatic rings. The third-order valence-corrected chi connectivity index (χ3v) is 4.02. The summed E-state index contributed by atoms with van der Waals surface area (Å²) in [6.45, 7) is 12.6. The van der Waals surface area contributed by atoms with E-state index in [1.54, 1.807) is 6.08 Å². The topological polar surface area (TPSA) is 66.0 Å². The molecule has 22 heavy (non-hydrogen) atoms. The van der Waals surface area contributed by atoms with E-state index in [4.69, 9.17) is 19.4 Å². The molecule has 0 aromatic heterocycles. The fourth-order valence-corrected chi connectivity index (χ4v) is 3.34. The van der Waals surface area contributed by atoms with Crippen LogP contribution in [0.4, 0.5) is 0 Å². The van der Waals surface area contributed by atoms with E-state index in [2.05, 4.69) is 39.3 Å². The Hall–Kier alpha value is -2.03. The molecule has 1 rings (SSSR count). The van der Waals surface area contributed by atoms with Gasteiger partial charge >= 0.3 is 0 Å². The molecule has 1 aromatic carbocycles. The maximum atomic E-state index is 8.87. The van der Waals surface area contributed by atoms with E-state index in [9.17, 15) is 0 Å². The first-order chi connectivity index (χ1) is 10.0. The molecular formula is C16H22N2O2Si2. The Kier molecular flexibility index (Phi) is 5.59. The molecule has 0 N–H and O–H groups in total. The van der Waals surface area contributed by atoms with E-state index in [0.717, 1.165) is 11.3 Å². The van der Waals surface area contributed by atoms with Crippen LogP contribution in [0.5, 0.6) is 11.5 Å². The quantitative estimate of drug-likeness (QED) is 0.587. The van der Waals surface area contributed by atoms with Crippen molar-refractivity contribution in [3.8, 4) is 23.6 Å². The summed E-state index contributed by atoms with van der Waals surface area (Å²) in [5.41, 5.74) is 0.826. The van der Waals surface area contributed by atoms with Gasteiger partial charge in [-0.15, -0.1) is 0 Å². The van der Waals surface area contributed by atoms with E-state index >= 15 is 0 Å². The van der Waals surface area contributed by atoms with Crippen LogP contribution in [-0.2, 0) is 0 Å². The molecular weight excluding hydrogens is 308 g/mol. The molecule has 0 aliphatic carbocycles. The molecule has 0 heterocycles. The second-order valence-corrected chi connectivity index (χ2v) is 15.8. The van der Waals surface area contributed by atoms with Crippen LogP contribution in [-0.4, -0.2) is 16.6 Å². The minimum atomic E-state index is -1.80. The van der Waals surface area contributed by atoms with E-state index in [1.165, 1.54) is 0 Å². The highest BCUT2D eigenvalue weighted by Crippen LogP contribution is 2.33. The van der Waals surface area contributed by atoms with Crippen LogP contribution >= 0.6 is 0 Å². The Morgan fingerprint density at radius 2 is 1.41 bits per heavy atom. The summed E-state index contributed by atoms with van der Waals surface area (Å²) in [5.74, 6) is 1.42. The van der Waals surface area contributed by atoms with E-state index in [-0.39, 0.29) is 5.57 Å². The van der Waals surface area contributed by atoms with Crippen molar-refractivity contribution >= 4 is 22.7 Å². The molecule has 0 aliphatic heterocycles. The van der Waals surface area contributed by atoms with Gasteiger partial charge in [0.05, 0.1) is 0 Å². The zero-order valence-electron chi connectivity index (χ0n) is 14.0. The highest BCUT2D eigenvalue weighted by molar-refractivity contribution is 6.71. The van der Waals surface area contributed by atoms with Crippen LogP contribution in [0.1, 0.15) is 5.56 Å². The largest absolute Gasteiger partial charge is 0.542 e. The molecule has 6 heteroatoms. The van der Waals surface area contributed by atoms with Crippen LogP contribution in [0.25, 0.3) is 6.08 Å². The second kappa shape index (κ2) is 6.82. The molecule has 0 atom stereocenters. The summed E-state index contributed by atoms with van der Waals surface area (Å²) in [6.07, 6.45) is 1.55. The zero-order chi connectivity index (χ0) is 17.0. The lowest BCUT2D eigenvalue weighted by atomic mass is 10.1. The van der Waals surface area contributed by atoms with E-state index in [1.807, 2.05) is 30.3 Å². The molecule has 0 spiro atoms. The van der Waals surface area contributed by atoms with Gasteiger partial charge in [0.15, 0.2) is 0 Å². The van der Waals surface area contributed by atoms with Crippen molar-refractivity contribution in [1.82, 2.24) is 0 Å². The standard InChI is InChI=1S/C16H22N2O2Si2/c1-21(2,3)19-15-8-7-13(9-14(11-17)12-18)10-16(15)20-22(4,5)6/h7-10H,1-6H3. The summed E-state index contributed by atoms with van der Waals surface area (Å²) in [4.78, 5) is 0. The van der Waals surface area contributed by atoms with Gasteiger partial charge in [-0.2, -0.15) is 10.5 Å². The highest BCUT2D eigenvalue weighted by Gasteiger charge is 2.23. The summed E-state index contributed by atoms with van der Waals surface area (Å²) >= 11 is 0. The fraction of sp³-hybridized carbons (Fsp3) is 0.375. The van der Waals surface area contributed by atoms with Crippen molar-refractivity contribution in [2.24, 2.45) is 0 Å². The zero-order valence-corrected chi connectivity index (χ0v) is 16.0. The molecule has 0 fully saturated rings. The first-order valence-electron chi connectivity index (χ1n) is 7.08. The van der Waals surface area contributed by atoms with Gasteiger partial charge in [-0.1, -0.05) is 6.07 Å². The summed E-state index contributed by atoms with van der Waals surface area (Å²) in [6, 6.07) is 9.25. The minimum Gasteiger partial charge on any atom is -0.542 e. The summed E-state index contributed by atoms with van der Waals surface area (Å²) in [7, 11) is -3.55. The number of hydrogen-bond donors (Lipinski definition) is 0. The van der Waals surface area contributed by atoms with Gasteiger partial charge in [-0.05, 0) is 63.1 Å². The number of hydrogen-bond acceptors (Lipinski definition) is 4. The second-order valence-electron chi connectivity index (χ2n) is 6.92. The lowest BCUT2D eigenvalue weighted by molar-refractivity contribution is 0.489. The smallest absolute Gasteiger partial charge is 0.242 e. The number of nitrogens with zero attached hydrogens (tertiary/aromatic N) is 2. The van der Waals surface area contributed by atoms with Crippen molar-refractivity contribution in [1.29, 1.82) is 10.5 Å². The van der Waals surface area contributed by atoms with Crippen LogP contribution in [0.15, 0.2) is 23.8 Å². The van der Waals surface area contributed by atoms with Crippen molar-refractivity contribution in [2.75, 3.05) is 0 Å². The van der Waals surface area contributed by atoms with Crippen LogP contribution in [0, 0.1) is 22.7 Å². The average Bonchev–Trinajstić information content (AvgIpc) is 2.35. The summed E-state index contributed by atoms with van der Waals surface area (Å²) in [5, 5.41) is 17.7. The number of nitriles is 2. The lowest BCUT2D eigenvalue weighted by Gasteiger charge is -2.26. The average molecular weight is 331 g/mol. The first-order valence-corrected chi connectivity index (χ1v) is 13.9. The Balaban J connectivity index is 3.29. The summed E-state index contributed by atoms with van der Waals surface area (Å²) < 4.78 is 12.2. The Morgan fingerprint density at radius 1 is 0.909 bits per heavy atom. The minimum absolute atomic E-state index is 0.0674. The molecule has 0 amide bonds. The number of benzene rings is 1. The first kappa shape index (κ1) is 18.0. The monoisotopic (exact) mass is 330 g/mol. The molecule has 116 valence electrons. The third kappa shape index (κ3) is 6.17. The molecule has 0 saturated carbocycles.